The van der Waals surface area contributed by atoms with Gasteiger partial charge in [0.1, 0.15) is 11.5 Å². The second kappa shape index (κ2) is 6.98. The lowest BCUT2D eigenvalue weighted by Crippen LogP contribution is -2.37. The van der Waals surface area contributed by atoms with Crippen molar-refractivity contribution >= 4 is 11.5 Å². The van der Waals surface area contributed by atoms with E-state index < -0.39 is 17.5 Å². The van der Waals surface area contributed by atoms with Crippen LogP contribution in [0.25, 0.3) is 0 Å². The van der Waals surface area contributed by atoms with Gasteiger partial charge in [-0.2, -0.15) is 5.26 Å². The summed E-state index contributed by atoms with van der Waals surface area (Å²) in [6.07, 6.45) is 0.907. The molecule has 1 fully saturated rings. The third-order valence-electron chi connectivity index (χ3n) is 4.46. The maximum atomic E-state index is 14.1. The van der Waals surface area contributed by atoms with E-state index in [1.165, 1.54) is 24.3 Å². The molecule has 1 aliphatic rings. The van der Waals surface area contributed by atoms with Crippen LogP contribution in [0.3, 0.4) is 0 Å². The lowest BCUT2D eigenvalue weighted by Gasteiger charge is -2.33. The van der Waals surface area contributed by atoms with E-state index in [4.69, 9.17) is 5.26 Å². The first-order valence-corrected chi connectivity index (χ1v) is 7.93. The second-order valence-electron chi connectivity index (χ2n) is 6.03. The van der Waals surface area contributed by atoms with E-state index in [0.717, 1.165) is 12.1 Å². The molecule has 1 aliphatic heterocycles. The number of hydrogen-bond donors (Lipinski definition) is 0. The Morgan fingerprint density at radius 3 is 2.12 bits per heavy atom. The molecular weight excluding hydrogens is 329 g/mol. The number of carbonyl (C=O) groups is 1. The molecule has 3 rings (SSSR count). The second-order valence-corrected chi connectivity index (χ2v) is 6.03. The number of nitrogens with zero attached hydrogens (tertiary/aromatic N) is 2. The number of piperidine rings is 1. The van der Waals surface area contributed by atoms with Crippen molar-refractivity contribution in [2.45, 2.75) is 12.8 Å². The van der Waals surface area contributed by atoms with Crippen molar-refractivity contribution in [1.82, 2.24) is 0 Å². The molecule has 0 atom stereocenters. The first kappa shape index (κ1) is 17.0. The molecule has 25 heavy (non-hydrogen) atoms. The van der Waals surface area contributed by atoms with E-state index in [-0.39, 0.29) is 23.0 Å². The number of hydrogen-bond acceptors (Lipinski definition) is 3. The Morgan fingerprint density at radius 2 is 1.60 bits per heavy atom. The zero-order chi connectivity index (χ0) is 18.0. The molecule has 1 saturated heterocycles. The molecule has 6 heteroatoms. The van der Waals surface area contributed by atoms with Gasteiger partial charge in [0.25, 0.3) is 0 Å². The van der Waals surface area contributed by atoms with E-state index in [9.17, 15) is 18.0 Å². The molecule has 0 unspecified atom stereocenters. The fourth-order valence-electron chi connectivity index (χ4n) is 3.15. The van der Waals surface area contributed by atoms with Crippen molar-refractivity contribution in [2.75, 3.05) is 18.0 Å². The predicted molar refractivity (Wildman–Crippen MR) is 86.7 cm³/mol. The van der Waals surface area contributed by atoms with Crippen molar-refractivity contribution in [3.8, 4) is 6.07 Å². The molecule has 2 aromatic carbocycles. The maximum Gasteiger partial charge on any atom is 0.166 e. The van der Waals surface area contributed by atoms with Gasteiger partial charge in [-0.25, -0.2) is 13.2 Å². The zero-order valence-corrected chi connectivity index (χ0v) is 13.3. The van der Waals surface area contributed by atoms with E-state index in [2.05, 4.69) is 0 Å². The van der Waals surface area contributed by atoms with Gasteiger partial charge in [0.15, 0.2) is 17.4 Å². The SMILES string of the molecule is N#Cc1cc(F)c(N2CCC(C(=O)c3ccc(F)cc3)CC2)c(F)c1. The van der Waals surface area contributed by atoms with Crippen LogP contribution in [0.15, 0.2) is 36.4 Å². The number of halogens is 3. The number of carbonyl (C=O) groups excluding carboxylic acids is 1. The van der Waals surface area contributed by atoms with Gasteiger partial charge in [0.2, 0.25) is 0 Å². The van der Waals surface area contributed by atoms with Crippen LogP contribution in [0.2, 0.25) is 0 Å². The summed E-state index contributed by atoms with van der Waals surface area (Å²) in [5.41, 5.74) is 0.211. The summed E-state index contributed by atoms with van der Waals surface area (Å²) in [5.74, 6) is -2.30. The first-order chi connectivity index (χ1) is 12.0. The molecular formula is C19H15F3N2O. The summed E-state index contributed by atoms with van der Waals surface area (Å²) in [6.45, 7) is 0.661. The first-order valence-electron chi connectivity index (χ1n) is 7.93. The van der Waals surface area contributed by atoms with Crippen LogP contribution >= 0.6 is 0 Å². The van der Waals surface area contributed by atoms with E-state index in [0.29, 0.717) is 31.5 Å². The highest BCUT2D eigenvalue weighted by Crippen LogP contribution is 2.30. The minimum Gasteiger partial charge on any atom is -0.367 e. The van der Waals surface area contributed by atoms with Crippen LogP contribution in [0.1, 0.15) is 28.8 Å². The molecule has 0 bridgehead atoms. The highest BCUT2D eigenvalue weighted by molar-refractivity contribution is 5.98. The van der Waals surface area contributed by atoms with Gasteiger partial charge in [0.05, 0.1) is 11.6 Å². The Hall–Kier alpha value is -2.81. The number of nitriles is 1. The third-order valence-corrected chi connectivity index (χ3v) is 4.46. The Kier molecular flexibility index (Phi) is 4.75. The van der Waals surface area contributed by atoms with Crippen LogP contribution in [0.4, 0.5) is 18.9 Å². The van der Waals surface area contributed by atoms with Crippen LogP contribution in [-0.2, 0) is 0 Å². The Balaban J connectivity index is 1.71. The smallest absolute Gasteiger partial charge is 0.166 e. The minimum atomic E-state index is -0.778. The summed E-state index contributed by atoms with van der Waals surface area (Å²) >= 11 is 0. The monoisotopic (exact) mass is 344 g/mol. The maximum absolute atomic E-state index is 14.1. The average Bonchev–Trinajstić information content (AvgIpc) is 2.61. The fourth-order valence-corrected chi connectivity index (χ4v) is 3.15. The average molecular weight is 344 g/mol. The summed E-state index contributed by atoms with van der Waals surface area (Å²) in [5, 5.41) is 8.75. The molecule has 0 spiro atoms. The quantitative estimate of drug-likeness (QED) is 0.788. The highest BCUT2D eigenvalue weighted by atomic mass is 19.1. The van der Waals surface area contributed by atoms with Crippen molar-refractivity contribution in [3.63, 3.8) is 0 Å². The van der Waals surface area contributed by atoms with Gasteiger partial charge in [-0.15, -0.1) is 0 Å². The third kappa shape index (κ3) is 3.50. The molecule has 0 amide bonds. The van der Waals surface area contributed by atoms with E-state index >= 15 is 0 Å². The molecule has 0 radical (unpaired) electrons. The normalized spacial score (nSPS) is 15.0. The Labute approximate surface area is 143 Å². The summed E-state index contributed by atoms with van der Waals surface area (Å²) in [6, 6.07) is 9.11. The van der Waals surface area contributed by atoms with Crippen molar-refractivity contribution in [1.29, 1.82) is 5.26 Å². The highest BCUT2D eigenvalue weighted by Gasteiger charge is 2.28. The number of rotatable bonds is 3. The molecule has 0 aliphatic carbocycles. The van der Waals surface area contributed by atoms with Crippen LogP contribution < -0.4 is 4.90 Å². The Bertz CT molecular complexity index is 812. The van der Waals surface area contributed by atoms with Gasteiger partial charge < -0.3 is 4.90 Å². The lowest BCUT2D eigenvalue weighted by atomic mass is 9.88. The van der Waals surface area contributed by atoms with Crippen LogP contribution in [0.5, 0.6) is 0 Å². The number of benzene rings is 2. The fraction of sp³-hybridized carbons (Fsp3) is 0.263. The topological polar surface area (TPSA) is 44.1 Å². The van der Waals surface area contributed by atoms with Crippen molar-refractivity contribution in [2.24, 2.45) is 5.92 Å². The van der Waals surface area contributed by atoms with E-state index in [1.54, 1.807) is 11.0 Å². The molecule has 0 aromatic heterocycles. The standard InChI is InChI=1S/C19H15F3N2O/c20-15-3-1-13(2-4-15)19(25)14-5-7-24(8-6-14)18-16(21)9-12(11-23)10-17(18)22/h1-4,9-10,14H,5-8H2. The molecule has 0 saturated carbocycles. The predicted octanol–water partition coefficient (Wildman–Crippen LogP) is 4.07. The molecule has 1 heterocycles. The lowest BCUT2D eigenvalue weighted by molar-refractivity contribution is 0.0900. The van der Waals surface area contributed by atoms with Gasteiger partial charge in [0, 0.05) is 24.6 Å². The molecule has 2 aromatic rings. The number of Topliss-reactive ketones (excluding diaryl/α,β-unsaturated/α-hetero) is 1. The van der Waals surface area contributed by atoms with Gasteiger partial charge >= 0.3 is 0 Å². The Morgan fingerprint density at radius 1 is 1.04 bits per heavy atom. The van der Waals surface area contributed by atoms with Gasteiger partial charge in [-0.3, -0.25) is 4.79 Å². The number of anilines is 1. The number of ketones is 1. The summed E-state index contributed by atoms with van der Waals surface area (Å²) < 4.78 is 41.2. The van der Waals surface area contributed by atoms with E-state index in [1.807, 2.05) is 0 Å². The minimum absolute atomic E-state index is 0.0693. The van der Waals surface area contributed by atoms with Crippen LogP contribution in [-0.4, -0.2) is 18.9 Å². The van der Waals surface area contributed by atoms with Gasteiger partial charge in [-0.1, -0.05) is 0 Å². The molecule has 0 N–H and O–H groups in total. The largest absolute Gasteiger partial charge is 0.367 e. The summed E-state index contributed by atoms with van der Waals surface area (Å²) in [4.78, 5) is 14.0. The van der Waals surface area contributed by atoms with Crippen molar-refractivity contribution in [3.05, 3.63) is 65.0 Å². The molecule has 3 nitrogen and oxygen atoms in total. The van der Waals surface area contributed by atoms with Gasteiger partial charge in [-0.05, 0) is 49.2 Å². The zero-order valence-electron chi connectivity index (χ0n) is 13.3. The summed E-state index contributed by atoms with van der Waals surface area (Å²) in [7, 11) is 0. The van der Waals surface area contributed by atoms with Crippen molar-refractivity contribution < 1.29 is 18.0 Å². The van der Waals surface area contributed by atoms with Crippen LogP contribution in [0, 0.1) is 34.7 Å². The molecule has 128 valence electrons.